The van der Waals surface area contributed by atoms with E-state index in [1.165, 1.54) is 23.3 Å². The predicted octanol–water partition coefficient (Wildman–Crippen LogP) is 6.14. The number of hydrogen-bond acceptors (Lipinski definition) is 2. The van der Waals surface area contributed by atoms with Crippen LogP contribution in [0.3, 0.4) is 0 Å². The second-order valence-corrected chi connectivity index (χ2v) is 7.46. The third-order valence-corrected chi connectivity index (χ3v) is 5.88. The largest absolute Gasteiger partial charge is 0.448 e. The molecule has 0 spiro atoms. The van der Waals surface area contributed by atoms with Crippen molar-refractivity contribution >= 4 is 10.8 Å². The van der Waals surface area contributed by atoms with E-state index in [2.05, 4.69) is 30.3 Å². The highest BCUT2D eigenvalue weighted by Gasteiger charge is 2.49. The van der Waals surface area contributed by atoms with Gasteiger partial charge in [0.15, 0.2) is 0 Å². The first-order valence-corrected chi connectivity index (χ1v) is 9.48. The fourth-order valence-electron chi connectivity index (χ4n) is 4.55. The average molecular weight is 368 g/mol. The maximum Gasteiger partial charge on any atom is 0.278 e. The number of ether oxygens (including phenoxy) is 2. The minimum absolute atomic E-state index is 0.156. The molecule has 2 nitrogen and oxygen atoms in total. The Balaban J connectivity index is 1.65. The molecule has 28 heavy (non-hydrogen) atoms. The summed E-state index contributed by atoms with van der Waals surface area (Å²) in [4.78, 5) is 0. The molecule has 0 aliphatic carbocycles. The Bertz CT molecular complexity index is 1210. The maximum atomic E-state index is 13.6. The molecule has 2 aliphatic rings. The fraction of sp³-hybridized carbons (Fsp3) is 0.120. The van der Waals surface area contributed by atoms with E-state index in [4.69, 9.17) is 9.47 Å². The molecule has 0 unspecified atom stereocenters. The molecule has 0 saturated heterocycles. The van der Waals surface area contributed by atoms with Crippen LogP contribution in [-0.2, 0) is 5.79 Å². The predicted molar refractivity (Wildman–Crippen MR) is 106 cm³/mol. The van der Waals surface area contributed by atoms with E-state index in [9.17, 15) is 4.39 Å². The molecule has 0 radical (unpaired) electrons. The lowest BCUT2D eigenvalue weighted by molar-refractivity contribution is -0.147. The molecular weight excluding hydrogens is 351 g/mol. The summed E-state index contributed by atoms with van der Waals surface area (Å²) in [7, 11) is 0. The molecule has 2 heterocycles. The molecule has 0 N–H and O–H groups in total. The smallest absolute Gasteiger partial charge is 0.278 e. The highest BCUT2D eigenvalue weighted by molar-refractivity contribution is 5.90. The van der Waals surface area contributed by atoms with E-state index in [0.29, 0.717) is 6.42 Å². The number of rotatable bonds is 1. The van der Waals surface area contributed by atoms with Gasteiger partial charge in [0, 0.05) is 34.4 Å². The molecule has 2 aliphatic heterocycles. The third-order valence-electron chi connectivity index (χ3n) is 5.88. The molecule has 2 atom stereocenters. The van der Waals surface area contributed by atoms with Gasteiger partial charge in [0.2, 0.25) is 0 Å². The summed E-state index contributed by atoms with van der Waals surface area (Å²) in [5.74, 6) is 0.595. The van der Waals surface area contributed by atoms with Crippen LogP contribution >= 0.6 is 0 Å². The first kappa shape index (κ1) is 15.7. The highest BCUT2D eigenvalue weighted by atomic mass is 19.1. The molecule has 3 heteroatoms. The second-order valence-electron chi connectivity index (χ2n) is 7.46. The van der Waals surface area contributed by atoms with E-state index in [1.54, 1.807) is 12.1 Å². The van der Waals surface area contributed by atoms with Gasteiger partial charge in [0.25, 0.3) is 5.79 Å². The first-order valence-electron chi connectivity index (χ1n) is 9.48. The minimum Gasteiger partial charge on any atom is -0.448 e. The van der Waals surface area contributed by atoms with Gasteiger partial charge in [0.05, 0.1) is 0 Å². The topological polar surface area (TPSA) is 18.5 Å². The van der Waals surface area contributed by atoms with E-state index >= 15 is 0 Å². The van der Waals surface area contributed by atoms with Crippen molar-refractivity contribution in [2.24, 2.45) is 0 Å². The Hall–Kier alpha value is -3.33. The van der Waals surface area contributed by atoms with Crippen molar-refractivity contribution in [1.29, 1.82) is 0 Å². The summed E-state index contributed by atoms with van der Waals surface area (Å²) < 4.78 is 26.7. The number of halogens is 1. The van der Waals surface area contributed by atoms with Crippen LogP contribution in [0.2, 0.25) is 0 Å². The van der Waals surface area contributed by atoms with Crippen LogP contribution < -0.4 is 9.47 Å². The quantitative estimate of drug-likeness (QED) is 0.402. The molecule has 4 aromatic rings. The summed E-state index contributed by atoms with van der Waals surface area (Å²) in [5.41, 5.74) is 3.17. The number of benzene rings is 4. The van der Waals surface area contributed by atoms with Crippen molar-refractivity contribution in [2.45, 2.75) is 18.1 Å². The Kier molecular flexibility index (Phi) is 3.13. The van der Waals surface area contributed by atoms with Crippen LogP contribution in [0.15, 0.2) is 84.9 Å². The van der Waals surface area contributed by atoms with Gasteiger partial charge in [-0.15, -0.1) is 0 Å². The molecule has 4 aromatic carbocycles. The van der Waals surface area contributed by atoms with Gasteiger partial charge >= 0.3 is 0 Å². The van der Waals surface area contributed by atoms with Crippen molar-refractivity contribution in [1.82, 2.24) is 0 Å². The zero-order valence-corrected chi connectivity index (χ0v) is 15.1. The second kappa shape index (κ2) is 5.59. The minimum atomic E-state index is -0.968. The summed E-state index contributed by atoms with van der Waals surface area (Å²) in [6.07, 6.45) is 0.654. The Morgan fingerprint density at radius 3 is 2.43 bits per heavy atom. The summed E-state index contributed by atoms with van der Waals surface area (Å²) >= 11 is 0. The van der Waals surface area contributed by atoms with Crippen molar-refractivity contribution in [3.05, 3.63) is 107 Å². The van der Waals surface area contributed by atoms with Crippen LogP contribution in [0.4, 0.5) is 4.39 Å². The van der Waals surface area contributed by atoms with E-state index in [-0.39, 0.29) is 11.7 Å². The fourth-order valence-corrected chi connectivity index (χ4v) is 4.55. The van der Waals surface area contributed by atoms with E-state index in [1.807, 2.05) is 30.3 Å². The van der Waals surface area contributed by atoms with Crippen molar-refractivity contribution in [3.8, 4) is 11.5 Å². The van der Waals surface area contributed by atoms with Crippen LogP contribution in [0, 0.1) is 5.82 Å². The van der Waals surface area contributed by atoms with Gasteiger partial charge < -0.3 is 9.47 Å². The Morgan fingerprint density at radius 2 is 1.54 bits per heavy atom. The molecule has 0 saturated carbocycles. The summed E-state index contributed by atoms with van der Waals surface area (Å²) in [5, 5.41) is 2.20. The Labute approximate surface area is 162 Å². The van der Waals surface area contributed by atoms with Gasteiger partial charge in [-0.3, -0.25) is 0 Å². The normalized spacial score (nSPS) is 22.0. The third kappa shape index (κ3) is 2.13. The molecule has 136 valence electrons. The number of para-hydroxylation sites is 1. The molecular formula is C25H17FO2. The van der Waals surface area contributed by atoms with Crippen LogP contribution in [0.1, 0.15) is 29.0 Å². The van der Waals surface area contributed by atoms with Crippen LogP contribution in [-0.4, -0.2) is 0 Å². The van der Waals surface area contributed by atoms with Crippen molar-refractivity contribution in [3.63, 3.8) is 0 Å². The lowest BCUT2D eigenvalue weighted by Crippen LogP contribution is -2.46. The van der Waals surface area contributed by atoms with E-state index in [0.717, 1.165) is 27.8 Å². The molecule has 2 bridgehead atoms. The highest BCUT2D eigenvalue weighted by Crippen LogP contribution is 2.56. The zero-order valence-electron chi connectivity index (χ0n) is 15.1. The van der Waals surface area contributed by atoms with Crippen LogP contribution in [0.5, 0.6) is 11.5 Å². The van der Waals surface area contributed by atoms with Gasteiger partial charge in [-0.25, -0.2) is 4.39 Å². The van der Waals surface area contributed by atoms with Crippen LogP contribution in [0.25, 0.3) is 10.8 Å². The van der Waals surface area contributed by atoms with Gasteiger partial charge in [-0.05, 0) is 35.7 Å². The van der Waals surface area contributed by atoms with Crippen molar-refractivity contribution in [2.75, 3.05) is 0 Å². The molecule has 0 amide bonds. The molecule has 0 fully saturated rings. The van der Waals surface area contributed by atoms with Gasteiger partial charge in [-0.1, -0.05) is 54.6 Å². The van der Waals surface area contributed by atoms with Gasteiger partial charge in [0.1, 0.15) is 17.3 Å². The van der Waals surface area contributed by atoms with E-state index < -0.39 is 5.79 Å². The lowest BCUT2D eigenvalue weighted by atomic mass is 9.78. The number of hydrogen-bond donors (Lipinski definition) is 0. The average Bonchev–Trinajstić information content (AvgIpc) is 2.74. The van der Waals surface area contributed by atoms with Gasteiger partial charge in [-0.2, -0.15) is 0 Å². The summed E-state index contributed by atoms with van der Waals surface area (Å²) in [6, 6.07) is 27.1. The molecule has 6 rings (SSSR count). The first-order chi connectivity index (χ1) is 13.7. The lowest BCUT2D eigenvalue weighted by Gasteiger charge is -2.46. The standard InChI is InChI=1S/C25H17FO2/c26-18-12-10-17(11-13-18)25-15-22(20-7-3-4-8-23(20)27-25)21-14-9-16-5-1-2-6-19(16)24(21)28-25/h1-14,22H,15H2/t22-,25-/m1/s1. The SMILES string of the molecule is Fc1ccc([C@]23C[C@H](c4ccccc4O2)c2ccc4ccccc4c2O3)cc1. The van der Waals surface area contributed by atoms with Crippen molar-refractivity contribution < 1.29 is 13.9 Å². The maximum absolute atomic E-state index is 13.6. The zero-order chi connectivity index (χ0) is 18.7. The molecule has 0 aromatic heterocycles. The monoisotopic (exact) mass is 368 g/mol. The number of fused-ring (bicyclic) bond motifs is 8. The Morgan fingerprint density at radius 1 is 0.750 bits per heavy atom. The summed E-state index contributed by atoms with van der Waals surface area (Å²) in [6.45, 7) is 0.